The van der Waals surface area contributed by atoms with Crippen molar-refractivity contribution in [3.05, 3.63) is 28.2 Å². The van der Waals surface area contributed by atoms with Crippen LogP contribution in [0.2, 0.25) is 10.0 Å². The first kappa shape index (κ1) is 12.6. The zero-order chi connectivity index (χ0) is 12.1. The van der Waals surface area contributed by atoms with Gasteiger partial charge in [0.2, 0.25) is 11.9 Å². The summed E-state index contributed by atoms with van der Waals surface area (Å²) < 4.78 is 0. The van der Waals surface area contributed by atoms with Gasteiger partial charge in [0.25, 0.3) is 0 Å². The van der Waals surface area contributed by atoms with E-state index < -0.39 is 0 Å². The molecule has 0 aliphatic rings. The van der Waals surface area contributed by atoms with Crippen LogP contribution in [0.4, 0.5) is 5.69 Å². The van der Waals surface area contributed by atoms with Crippen LogP contribution in [0, 0.1) is 0 Å². The van der Waals surface area contributed by atoms with Gasteiger partial charge in [-0.2, -0.15) is 4.99 Å². The molecule has 0 aliphatic heterocycles. The fraction of sp³-hybridized carbons (Fsp3) is 0.111. The van der Waals surface area contributed by atoms with Gasteiger partial charge in [0, 0.05) is 7.05 Å². The van der Waals surface area contributed by atoms with E-state index in [1.807, 2.05) is 0 Å². The summed E-state index contributed by atoms with van der Waals surface area (Å²) in [7, 11) is 1.51. The van der Waals surface area contributed by atoms with Crippen LogP contribution >= 0.6 is 23.2 Å². The van der Waals surface area contributed by atoms with Crippen molar-refractivity contribution in [2.45, 2.75) is 0 Å². The van der Waals surface area contributed by atoms with Gasteiger partial charge < -0.3 is 16.8 Å². The van der Waals surface area contributed by atoms with E-state index in [0.29, 0.717) is 15.7 Å². The lowest BCUT2D eigenvalue weighted by atomic mass is 10.3. The molecule has 7 heteroatoms. The molecule has 1 aromatic rings. The quantitative estimate of drug-likeness (QED) is 0.530. The third-order valence-electron chi connectivity index (χ3n) is 1.68. The number of anilines is 1. The highest BCUT2D eigenvalue weighted by molar-refractivity contribution is 6.39. The van der Waals surface area contributed by atoms with Crippen LogP contribution in [-0.2, 0) is 0 Å². The summed E-state index contributed by atoms with van der Waals surface area (Å²) in [6.45, 7) is 0. The van der Waals surface area contributed by atoms with Gasteiger partial charge >= 0.3 is 0 Å². The van der Waals surface area contributed by atoms with Crippen molar-refractivity contribution in [2.24, 2.45) is 21.5 Å². The normalized spacial score (nSPS) is 12.7. The molecule has 0 saturated carbocycles. The molecule has 1 rings (SSSR count). The van der Waals surface area contributed by atoms with E-state index >= 15 is 0 Å². The molecular formula is C9H11Cl2N5. The van der Waals surface area contributed by atoms with Gasteiger partial charge in [0.05, 0.1) is 15.7 Å². The highest BCUT2D eigenvalue weighted by Gasteiger charge is 2.06. The first-order valence-corrected chi connectivity index (χ1v) is 5.07. The van der Waals surface area contributed by atoms with E-state index in [1.165, 1.54) is 7.05 Å². The maximum Gasteiger partial charge on any atom is 0.218 e. The molecule has 0 amide bonds. The van der Waals surface area contributed by atoms with E-state index in [1.54, 1.807) is 18.2 Å². The number of halogens is 2. The monoisotopic (exact) mass is 259 g/mol. The molecule has 0 radical (unpaired) electrons. The molecule has 0 heterocycles. The SMILES string of the molecule is CN=C(N)N=C(N)Nc1c(Cl)cccc1Cl. The van der Waals surface area contributed by atoms with Crippen LogP contribution in [0.25, 0.3) is 0 Å². The number of hydrogen-bond donors (Lipinski definition) is 3. The lowest BCUT2D eigenvalue weighted by Gasteiger charge is -2.08. The molecule has 5 nitrogen and oxygen atoms in total. The number of benzene rings is 1. The number of guanidine groups is 2. The van der Waals surface area contributed by atoms with E-state index in [2.05, 4.69) is 15.3 Å². The summed E-state index contributed by atoms with van der Waals surface area (Å²) in [6.07, 6.45) is 0. The van der Waals surface area contributed by atoms with Gasteiger partial charge in [-0.15, -0.1) is 0 Å². The maximum absolute atomic E-state index is 5.93. The number of nitrogens with zero attached hydrogens (tertiary/aromatic N) is 2. The average Bonchev–Trinajstić information content (AvgIpc) is 2.23. The Morgan fingerprint density at radius 1 is 1.25 bits per heavy atom. The number of nitrogens with two attached hydrogens (primary N) is 2. The van der Waals surface area contributed by atoms with Gasteiger partial charge in [-0.3, -0.25) is 4.99 Å². The van der Waals surface area contributed by atoms with Gasteiger partial charge in [-0.05, 0) is 12.1 Å². The van der Waals surface area contributed by atoms with Crippen LogP contribution in [0.5, 0.6) is 0 Å². The molecule has 0 spiro atoms. The van der Waals surface area contributed by atoms with Crippen LogP contribution < -0.4 is 16.8 Å². The lowest BCUT2D eigenvalue weighted by Crippen LogP contribution is -2.26. The lowest BCUT2D eigenvalue weighted by molar-refractivity contribution is 1.34. The van der Waals surface area contributed by atoms with E-state index in [0.717, 1.165) is 0 Å². The van der Waals surface area contributed by atoms with E-state index in [-0.39, 0.29) is 11.9 Å². The molecule has 0 fully saturated rings. The molecule has 0 atom stereocenters. The molecule has 0 aromatic heterocycles. The second-order valence-electron chi connectivity index (χ2n) is 2.80. The van der Waals surface area contributed by atoms with Crippen molar-refractivity contribution >= 4 is 40.8 Å². The minimum atomic E-state index is 0.0631. The van der Waals surface area contributed by atoms with E-state index in [9.17, 15) is 0 Å². The molecule has 0 saturated heterocycles. The number of hydrogen-bond acceptors (Lipinski definition) is 1. The molecular weight excluding hydrogens is 249 g/mol. The third kappa shape index (κ3) is 3.29. The standard InChI is InChI=1S/C9H11Cl2N5/c1-14-8(12)16-9(13)15-7-5(10)3-2-4-6(7)11/h2-4H,1H3,(H5,12,13,14,15,16). The Balaban J connectivity index is 2.93. The number of para-hydroxylation sites is 1. The Labute approximate surface area is 103 Å². The minimum Gasteiger partial charge on any atom is -0.369 e. The molecule has 0 bridgehead atoms. The summed E-state index contributed by atoms with van der Waals surface area (Å²) in [5, 5.41) is 3.63. The third-order valence-corrected chi connectivity index (χ3v) is 2.31. The minimum absolute atomic E-state index is 0.0631. The summed E-state index contributed by atoms with van der Waals surface area (Å²) in [6, 6.07) is 5.09. The van der Waals surface area contributed by atoms with Gasteiger partial charge in [0.15, 0.2) is 0 Å². The number of rotatable bonds is 1. The first-order chi connectivity index (χ1) is 7.54. The summed E-state index contributed by atoms with van der Waals surface area (Å²) in [5.41, 5.74) is 11.4. The largest absolute Gasteiger partial charge is 0.369 e. The van der Waals surface area contributed by atoms with Crippen molar-refractivity contribution in [1.82, 2.24) is 0 Å². The Kier molecular flexibility index (Phi) is 4.39. The predicted octanol–water partition coefficient (Wildman–Crippen LogP) is 1.66. The predicted molar refractivity (Wildman–Crippen MR) is 69.3 cm³/mol. The Hall–Kier alpha value is -1.46. The van der Waals surface area contributed by atoms with Crippen LogP contribution in [-0.4, -0.2) is 19.0 Å². The molecule has 0 unspecified atom stereocenters. The molecule has 1 aromatic carbocycles. The first-order valence-electron chi connectivity index (χ1n) is 4.32. The fourth-order valence-electron chi connectivity index (χ4n) is 0.947. The van der Waals surface area contributed by atoms with Crippen molar-refractivity contribution < 1.29 is 0 Å². The van der Waals surface area contributed by atoms with Crippen LogP contribution in [0.15, 0.2) is 28.2 Å². The van der Waals surface area contributed by atoms with Crippen molar-refractivity contribution in [3.63, 3.8) is 0 Å². The Bertz CT molecular complexity index is 421. The van der Waals surface area contributed by atoms with Crippen molar-refractivity contribution in [3.8, 4) is 0 Å². The number of nitrogens with one attached hydrogen (secondary N) is 1. The summed E-state index contributed by atoms with van der Waals surface area (Å²) >= 11 is 11.9. The van der Waals surface area contributed by atoms with Crippen LogP contribution in [0.3, 0.4) is 0 Å². The topological polar surface area (TPSA) is 88.8 Å². The number of aliphatic imine (C=N–C) groups is 2. The second kappa shape index (κ2) is 5.58. The molecule has 5 N–H and O–H groups in total. The highest BCUT2D eigenvalue weighted by Crippen LogP contribution is 2.29. The molecule has 16 heavy (non-hydrogen) atoms. The maximum atomic E-state index is 5.93. The summed E-state index contributed by atoms with van der Waals surface area (Å²) in [5.74, 6) is 0.131. The van der Waals surface area contributed by atoms with Crippen molar-refractivity contribution in [2.75, 3.05) is 12.4 Å². The van der Waals surface area contributed by atoms with Crippen LogP contribution in [0.1, 0.15) is 0 Å². The Morgan fingerprint density at radius 3 is 2.31 bits per heavy atom. The zero-order valence-electron chi connectivity index (χ0n) is 8.54. The van der Waals surface area contributed by atoms with E-state index in [4.69, 9.17) is 34.7 Å². The van der Waals surface area contributed by atoms with Gasteiger partial charge in [0.1, 0.15) is 0 Å². The average molecular weight is 260 g/mol. The highest BCUT2D eigenvalue weighted by atomic mass is 35.5. The fourth-order valence-corrected chi connectivity index (χ4v) is 1.44. The summed E-state index contributed by atoms with van der Waals surface area (Å²) in [4.78, 5) is 7.40. The van der Waals surface area contributed by atoms with Crippen molar-refractivity contribution in [1.29, 1.82) is 0 Å². The molecule has 86 valence electrons. The second-order valence-corrected chi connectivity index (χ2v) is 3.61. The Morgan fingerprint density at radius 2 is 1.81 bits per heavy atom. The van der Waals surface area contributed by atoms with Gasteiger partial charge in [-0.1, -0.05) is 29.3 Å². The molecule has 0 aliphatic carbocycles. The zero-order valence-corrected chi connectivity index (χ0v) is 10.0. The smallest absolute Gasteiger partial charge is 0.218 e. The van der Waals surface area contributed by atoms with Gasteiger partial charge in [-0.25, -0.2) is 0 Å².